The quantitative estimate of drug-likeness (QED) is 0.398. The molecule has 9 heteroatoms. The highest BCUT2D eigenvalue weighted by molar-refractivity contribution is 7.98. The summed E-state index contributed by atoms with van der Waals surface area (Å²) in [6, 6.07) is 10.6. The number of anilines is 1. The first-order valence-corrected chi connectivity index (χ1v) is 13.1. The van der Waals surface area contributed by atoms with Crippen LogP contribution in [0.5, 0.6) is 5.75 Å². The fraction of sp³-hybridized carbons (Fsp3) is 0.440. The summed E-state index contributed by atoms with van der Waals surface area (Å²) >= 11 is 1.37. The van der Waals surface area contributed by atoms with Gasteiger partial charge < -0.3 is 15.3 Å². The molecule has 1 aromatic carbocycles. The Morgan fingerprint density at radius 1 is 1.00 bits per heavy atom. The number of benzene rings is 1. The van der Waals surface area contributed by atoms with Crippen LogP contribution in [-0.2, 0) is 0 Å². The van der Waals surface area contributed by atoms with E-state index in [-0.39, 0.29) is 5.75 Å². The first kappa shape index (κ1) is 21.7. The molecule has 3 fully saturated rings. The van der Waals surface area contributed by atoms with Gasteiger partial charge in [0.1, 0.15) is 5.75 Å². The average Bonchev–Trinajstić information content (AvgIpc) is 3.62. The number of pyridine rings is 1. The lowest BCUT2D eigenvalue weighted by Crippen LogP contribution is -2.49. The molecule has 0 radical (unpaired) electrons. The van der Waals surface area contributed by atoms with Crippen LogP contribution < -0.4 is 10.2 Å². The van der Waals surface area contributed by atoms with Gasteiger partial charge >= 0.3 is 0 Å². The van der Waals surface area contributed by atoms with Crippen molar-refractivity contribution in [1.29, 1.82) is 0 Å². The number of rotatable bonds is 6. The molecule has 2 N–H and O–H groups in total. The van der Waals surface area contributed by atoms with Crippen molar-refractivity contribution in [2.75, 3.05) is 11.2 Å². The second-order valence-electron chi connectivity index (χ2n) is 9.49. The number of piperidine rings is 1. The van der Waals surface area contributed by atoms with E-state index in [1.54, 1.807) is 24.4 Å². The maximum Gasteiger partial charge on any atom is 0.214 e. The van der Waals surface area contributed by atoms with Crippen molar-refractivity contribution in [1.82, 2.24) is 25.5 Å². The van der Waals surface area contributed by atoms with Gasteiger partial charge in [-0.05, 0) is 74.1 Å². The lowest BCUT2D eigenvalue weighted by Gasteiger charge is -2.38. The first-order chi connectivity index (χ1) is 16.6. The van der Waals surface area contributed by atoms with E-state index in [9.17, 15) is 9.50 Å². The molecule has 1 aliphatic carbocycles. The molecule has 6 rings (SSSR count). The van der Waals surface area contributed by atoms with Gasteiger partial charge in [0.2, 0.25) is 5.95 Å². The summed E-state index contributed by atoms with van der Waals surface area (Å²) in [4.78, 5) is 10.9. The van der Waals surface area contributed by atoms with Crippen molar-refractivity contribution >= 4 is 17.6 Å². The smallest absolute Gasteiger partial charge is 0.214 e. The van der Waals surface area contributed by atoms with E-state index < -0.39 is 5.95 Å². The molecule has 0 spiro atoms. The van der Waals surface area contributed by atoms with Crippen molar-refractivity contribution in [3.8, 4) is 28.3 Å². The maximum atomic E-state index is 13.9. The highest BCUT2D eigenvalue weighted by atomic mass is 32.2. The number of phenols is 1. The number of thioether (sulfide) groups is 1. The van der Waals surface area contributed by atoms with Crippen LogP contribution in [0.15, 0.2) is 41.6 Å². The summed E-state index contributed by atoms with van der Waals surface area (Å²) in [5.74, 6) is 0.685. The molecule has 1 saturated carbocycles. The second kappa shape index (κ2) is 8.78. The molecular formula is C25H27FN6OS. The van der Waals surface area contributed by atoms with Crippen LogP contribution in [0, 0.1) is 5.95 Å². The normalized spacial score (nSPS) is 23.8. The summed E-state index contributed by atoms with van der Waals surface area (Å²) in [6.07, 6.45) is 10.8. The number of nitrogens with zero attached hydrogens (tertiary/aromatic N) is 5. The van der Waals surface area contributed by atoms with Gasteiger partial charge in [0.05, 0.1) is 16.8 Å². The largest absolute Gasteiger partial charge is 0.507 e. The van der Waals surface area contributed by atoms with Gasteiger partial charge in [0, 0.05) is 30.2 Å². The van der Waals surface area contributed by atoms with E-state index in [1.165, 1.54) is 43.5 Å². The van der Waals surface area contributed by atoms with Gasteiger partial charge in [-0.1, -0.05) is 6.07 Å². The van der Waals surface area contributed by atoms with E-state index in [0.29, 0.717) is 51.7 Å². The topological polar surface area (TPSA) is 87.1 Å². The zero-order valence-electron chi connectivity index (χ0n) is 19.0. The molecule has 34 heavy (non-hydrogen) atoms. The van der Waals surface area contributed by atoms with Crippen molar-refractivity contribution in [2.24, 2.45) is 0 Å². The van der Waals surface area contributed by atoms with Crippen LogP contribution >= 0.6 is 11.8 Å². The van der Waals surface area contributed by atoms with Gasteiger partial charge in [-0.25, -0.2) is 9.97 Å². The Labute approximate surface area is 202 Å². The summed E-state index contributed by atoms with van der Waals surface area (Å²) in [5.41, 5.74) is 1.85. The minimum atomic E-state index is -0.546. The van der Waals surface area contributed by atoms with Gasteiger partial charge in [-0.15, -0.1) is 22.0 Å². The predicted octanol–water partition coefficient (Wildman–Crippen LogP) is 4.42. The Balaban J connectivity index is 1.25. The number of phenolic OH excluding ortho intramolecular Hbond substituents is 1. The Morgan fingerprint density at radius 3 is 2.44 bits per heavy atom. The SMILES string of the molecule is CSc1cc(-c2ccc(-c3ncc(N(C4CC4)C4C[C@H]5CC[C@@H](C4)N5)nn3)c(O)c2)cc(F)n1. The third-order valence-electron chi connectivity index (χ3n) is 7.15. The zero-order chi connectivity index (χ0) is 23.2. The second-order valence-corrected chi connectivity index (χ2v) is 10.3. The molecule has 3 aromatic rings. The van der Waals surface area contributed by atoms with E-state index in [1.807, 2.05) is 12.3 Å². The number of aromatic hydroxyl groups is 1. The summed E-state index contributed by atoms with van der Waals surface area (Å²) in [5, 5.41) is 23.9. The molecule has 176 valence electrons. The lowest BCUT2D eigenvalue weighted by atomic mass is 9.98. The molecule has 2 saturated heterocycles. The standard InChI is InChI=1S/C25H27FN6OS/c1-34-24-10-15(9-22(26)29-24)14-2-7-20(21(33)8-14)25-27-13-23(30-31-25)32(18-5-6-18)19-11-16-3-4-17(12-19)28-16/h2,7-10,13,16-19,28,33H,3-6,11-12H2,1H3/t16-,17+,19?. The number of hydrogen-bond donors (Lipinski definition) is 2. The van der Waals surface area contributed by atoms with Crippen molar-refractivity contribution < 1.29 is 9.50 Å². The molecule has 7 nitrogen and oxygen atoms in total. The fourth-order valence-corrected chi connectivity index (χ4v) is 5.86. The molecule has 2 bridgehead atoms. The van der Waals surface area contributed by atoms with Crippen molar-refractivity contribution in [2.45, 2.75) is 67.7 Å². The van der Waals surface area contributed by atoms with Crippen LogP contribution in [-0.4, -0.2) is 55.7 Å². The van der Waals surface area contributed by atoms with Gasteiger partial charge in [-0.3, -0.25) is 0 Å². The zero-order valence-corrected chi connectivity index (χ0v) is 19.8. The fourth-order valence-electron chi connectivity index (χ4n) is 5.43. The highest BCUT2D eigenvalue weighted by Gasteiger charge is 2.41. The maximum absolute atomic E-state index is 13.9. The van der Waals surface area contributed by atoms with Crippen molar-refractivity contribution in [3.63, 3.8) is 0 Å². The van der Waals surface area contributed by atoms with Crippen LogP contribution in [0.4, 0.5) is 10.2 Å². The van der Waals surface area contributed by atoms with Crippen LogP contribution in [0.3, 0.4) is 0 Å². The molecule has 3 atom stereocenters. The van der Waals surface area contributed by atoms with Crippen molar-refractivity contribution in [3.05, 3.63) is 42.5 Å². The van der Waals surface area contributed by atoms with Gasteiger partial charge in [0.25, 0.3) is 0 Å². The summed E-state index contributed by atoms with van der Waals surface area (Å²) in [6.45, 7) is 0. The number of nitrogens with one attached hydrogen (secondary N) is 1. The van der Waals surface area contributed by atoms with Crippen LogP contribution in [0.2, 0.25) is 0 Å². The molecule has 2 aromatic heterocycles. The van der Waals surface area contributed by atoms with Crippen LogP contribution in [0.25, 0.3) is 22.5 Å². The molecule has 0 amide bonds. The third kappa shape index (κ3) is 4.22. The van der Waals surface area contributed by atoms with E-state index in [2.05, 4.69) is 30.4 Å². The predicted molar refractivity (Wildman–Crippen MR) is 130 cm³/mol. The average molecular weight is 479 g/mol. The Morgan fingerprint density at radius 2 is 1.79 bits per heavy atom. The third-order valence-corrected chi connectivity index (χ3v) is 7.77. The van der Waals surface area contributed by atoms with E-state index in [0.717, 1.165) is 18.7 Å². The molecule has 4 heterocycles. The number of fused-ring (bicyclic) bond motifs is 2. The Hall–Kier alpha value is -2.78. The number of aromatic nitrogens is 4. The summed E-state index contributed by atoms with van der Waals surface area (Å²) < 4.78 is 13.9. The van der Waals surface area contributed by atoms with E-state index in [4.69, 9.17) is 0 Å². The van der Waals surface area contributed by atoms with E-state index >= 15 is 0 Å². The Kier molecular flexibility index (Phi) is 5.61. The van der Waals surface area contributed by atoms with Gasteiger partial charge in [0.15, 0.2) is 11.6 Å². The molecular weight excluding hydrogens is 451 g/mol. The molecule has 1 unspecified atom stereocenters. The number of hydrogen-bond acceptors (Lipinski definition) is 8. The minimum Gasteiger partial charge on any atom is -0.507 e. The van der Waals surface area contributed by atoms with Gasteiger partial charge in [-0.2, -0.15) is 4.39 Å². The lowest BCUT2D eigenvalue weighted by molar-refractivity contribution is 0.343. The summed E-state index contributed by atoms with van der Waals surface area (Å²) in [7, 11) is 0. The highest BCUT2D eigenvalue weighted by Crippen LogP contribution is 2.39. The monoisotopic (exact) mass is 478 g/mol. The number of halogens is 1. The molecule has 2 aliphatic heterocycles. The minimum absolute atomic E-state index is 0.0314. The Bertz CT molecular complexity index is 1190. The van der Waals surface area contributed by atoms with Crippen LogP contribution in [0.1, 0.15) is 38.5 Å². The first-order valence-electron chi connectivity index (χ1n) is 11.9. The molecule has 3 aliphatic rings.